The third-order valence-electron chi connectivity index (χ3n) is 5.96. The number of alkyl halides is 3. The van der Waals surface area contributed by atoms with Gasteiger partial charge in [0.25, 0.3) is 0 Å². The Labute approximate surface area is 208 Å². The second-order valence-corrected chi connectivity index (χ2v) is 8.86. The minimum atomic E-state index is -4.52. The maximum absolute atomic E-state index is 13.7. The Morgan fingerprint density at radius 3 is 2.31 bits per heavy atom. The molecule has 0 spiro atoms. The molecule has 5 aromatic rings. The fourth-order valence-corrected chi connectivity index (χ4v) is 5.07. The summed E-state index contributed by atoms with van der Waals surface area (Å²) in [6.45, 7) is -0.0918. The van der Waals surface area contributed by atoms with Gasteiger partial charge in [-0.05, 0) is 59.7 Å². The minimum Gasteiger partial charge on any atom is -0.366 e. The standard InChI is InChI=1S/C27H16Cl2F3N2O/c28-20-8-4-9-21(29)24(20)15-11-12-17-23(13-15)34(22-10-3-6-18(25(17)22)26(33)35)14-16-5-1-2-7-19(16)27(30,31)32/h1-11,13H,14H2,(H2,33,35). The largest absolute Gasteiger partial charge is 0.416 e. The molecule has 1 aromatic heterocycles. The van der Waals surface area contributed by atoms with Crippen LogP contribution < -0.4 is 5.73 Å². The average Bonchev–Trinajstić information content (AvgIpc) is 3.12. The van der Waals surface area contributed by atoms with Crippen LogP contribution in [0.3, 0.4) is 0 Å². The maximum atomic E-state index is 13.7. The van der Waals surface area contributed by atoms with Gasteiger partial charge in [-0.1, -0.05) is 53.5 Å². The number of fused-ring (bicyclic) bond motifs is 3. The van der Waals surface area contributed by atoms with E-state index in [2.05, 4.69) is 6.07 Å². The van der Waals surface area contributed by atoms with Crippen LogP contribution in [0.15, 0.2) is 72.8 Å². The molecule has 5 rings (SSSR count). The topological polar surface area (TPSA) is 48.0 Å². The van der Waals surface area contributed by atoms with Crippen LogP contribution in [0, 0.1) is 6.07 Å². The summed E-state index contributed by atoms with van der Waals surface area (Å²) < 4.78 is 43.0. The number of carbonyl (C=O) groups is 1. The fourth-order valence-electron chi connectivity index (χ4n) is 4.45. The van der Waals surface area contributed by atoms with Gasteiger partial charge < -0.3 is 10.3 Å². The van der Waals surface area contributed by atoms with E-state index in [1.807, 2.05) is 0 Å². The number of hydrogen-bond donors (Lipinski definition) is 1. The van der Waals surface area contributed by atoms with Crippen molar-refractivity contribution in [2.75, 3.05) is 0 Å². The summed E-state index contributed by atoms with van der Waals surface area (Å²) in [6, 6.07) is 22.2. The lowest BCUT2D eigenvalue weighted by Crippen LogP contribution is -2.12. The predicted octanol–water partition coefficient (Wildman–Crippen LogP) is 7.73. The Morgan fingerprint density at radius 2 is 1.63 bits per heavy atom. The molecule has 0 atom stereocenters. The van der Waals surface area contributed by atoms with E-state index in [1.165, 1.54) is 12.1 Å². The first kappa shape index (κ1) is 23.3. The Bertz CT molecular complexity index is 1600. The second-order valence-electron chi connectivity index (χ2n) is 8.05. The van der Waals surface area contributed by atoms with Gasteiger partial charge in [-0.25, -0.2) is 0 Å². The van der Waals surface area contributed by atoms with Crippen molar-refractivity contribution in [3.8, 4) is 11.1 Å². The highest BCUT2D eigenvalue weighted by atomic mass is 35.5. The minimum absolute atomic E-state index is 0.0875. The van der Waals surface area contributed by atoms with Gasteiger partial charge in [0.05, 0.1) is 16.6 Å². The molecule has 3 nitrogen and oxygen atoms in total. The lowest BCUT2D eigenvalue weighted by Gasteiger charge is -2.15. The third kappa shape index (κ3) is 4.03. The molecule has 1 radical (unpaired) electrons. The highest BCUT2D eigenvalue weighted by molar-refractivity contribution is 6.39. The molecular weight excluding hydrogens is 496 g/mol. The summed E-state index contributed by atoms with van der Waals surface area (Å²) in [4.78, 5) is 12.2. The first-order chi connectivity index (χ1) is 16.7. The number of amides is 1. The Morgan fingerprint density at radius 1 is 0.943 bits per heavy atom. The number of nitrogens with two attached hydrogens (primary N) is 1. The van der Waals surface area contributed by atoms with Crippen molar-refractivity contribution < 1.29 is 18.0 Å². The normalized spacial score (nSPS) is 11.9. The van der Waals surface area contributed by atoms with E-state index in [-0.39, 0.29) is 17.7 Å². The highest BCUT2D eigenvalue weighted by Gasteiger charge is 2.33. The number of aromatic nitrogens is 1. The zero-order chi connectivity index (χ0) is 24.9. The van der Waals surface area contributed by atoms with Gasteiger partial charge in [-0.3, -0.25) is 4.79 Å². The first-order valence-corrected chi connectivity index (χ1v) is 11.3. The Balaban J connectivity index is 1.84. The first-order valence-electron chi connectivity index (χ1n) is 10.5. The van der Waals surface area contributed by atoms with E-state index in [0.717, 1.165) is 6.07 Å². The zero-order valence-electron chi connectivity index (χ0n) is 18.0. The van der Waals surface area contributed by atoms with E-state index in [9.17, 15) is 18.0 Å². The van der Waals surface area contributed by atoms with Crippen molar-refractivity contribution in [1.82, 2.24) is 4.57 Å². The van der Waals surface area contributed by atoms with Crippen molar-refractivity contribution >= 4 is 50.9 Å². The SMILES string of the molecule is NC(=O)c1cccc2c1c1[c]cc(-c3c(Cl)cccc3Cl)cc1n2Cc1ccccc1C(F)(F)F. The van der Waals surface area contributed by atoms with Crippen molar-refractivity contribution in [3.05, 3.63) is 106 Å². The molecule has 0 saturated carbocycles. The zero-order valence-corrected chi connectivity index (χ0v) is 19.5. The Hall–Kier alpha value is -3.48. The van der Waals surface area contributed by atoms with Gasteiger partial charge in [0.15, 0.2) is 0 Å². The quantitative estimate of drug-likeness (QED) is 0.263. The molecule has 0 saturated heterocycles. The molecule has 4 aromatic carbocycles. The summed E-state index contributed by atoms with van der Waals surface area (Å²) >= 11 is 12.8. The number of carbonyl (C=O) groups excluding carboxylic acids is 1. The van der Waals surface area contributed by atoms with E-state index in [0.29, 0.717) is 43.0 Å². The van der Waals surface area contributed by atoms with Gasteiger partial charge in [-0.15, -0.1) is 0 Å². The lowest BCUT2D eigenvalue weighted by atomic mass is 10.0. The second kappa shape index (κ2) is 8.63. The number of benzene rings is 4. The van der Waals surface area contributed by atoms with Crippen molar-refractivity contribution in [2.24, 2.45) is 5.73 Å². The monoisotopic (exact) mass is 511 g/mol. The van der Waals surface area contributed by atoms with E-state index in [4.69, 9.17) is 28.9 Å². The number of halogens is 5. The molecule has 1 amide bonds. The van der Waals surface area contributed by atoms with E-state index < -0.39 is 17.6 Å². The van der Waals surface area contributed by atoms with Gasteiger partial charge in [0, 0.05) is 38.5 Å². The van der Waals surface area contributed by atoms with Crippen molar-refractivity contribution in [3.63, 3.8) is 0 Å². The number of primary amides is 1. The number of hydrogen-bond acceptors (Lipinski definition) is 1. The summed E-state index contributed by atoms with van der Waals surface area (Å²) in [5, 5.41) is 1.93. The maximum Gasteiger partial charge on any atom is 0.416 e. The van der Waals surface area contributed by atoms with E-state index >= 15 is 0 Å². The molecular formula is C27H16Cl2F3N2O. The molecule has 0 aliphatic rings. The summed E-state index contributed by atoms with van der Waals surface area (Å²) in [6.07, 6.45) is -4.52. The van der Waals surface area contributed by atoms with Crippen LogP contribution in [0.1, 0.15) is 21.5 Å². The van der Waals surface area contributed by atoms with Crippen LogP contribution in [0.4, 0.5) is 13.2 Å². The van der Waals surface area contributed by atoms with Crippen LogP contribution in [-0.4, -0.2) is 10.5 Å². The van der Waals surface area contributed by atoms with Crippen LogP contribution in [0.2, 0.25) is 10.0 Å². The predicted molar refractivity (Wildman–Crippen MR) is 133 cm³/mol. The number of rotatable bonds is 4. The van der Waals surface area contributed by atoms with Crippen LogP contribution >= 0.6 is 23.2 Å². The molecule has 0 aliphatic heterocycles. The van der Waals surface area contributed by atoms with Crippen molar-refractivity contribution in [2.45, 2.75) is 12.7 Å². The summed E-state index contributed by atoms with van der Waals surface area (Å²) in [7, 11) is 0. The van der Waals surface area contributed by atoms with Crippen LogP contribution in [0.25, 0.3) is 32.9 Å². The molecule has 35 heavy (non-hydrogen) atoms. The van der Waals surface area contributed by atoms with E-state index in [1.54, 1.807) is 59.2 Å². The molecule has 2 N–H and O–H groups in total. The molecule has 0 fully saturated rings. The molecule has 0 unspecified atom stereocenters. The molecule has 175 valence electrons. The third-order valence-corrected chi connectivity index (χ3v) is 6.59. The van der Waals surface area contributed by atoms with Gasteiger partial charge in [-0.2, -0.15) is 13.2 Å². The van der Waals surface area contributed by atoms with Gasteiger partial charge in [0.1, 0.15) is 0 Å². The summed E-state index contributed by atoms with van der Waals surface area (Å²) in [5.74, 6) is -0.642. The lowest BCUT2D eigenvalue weighted by molar-refractivity contribution is -0.138. The summed E-state index contributed by atoms with van der Waals surface area (Å²) in [5.41, 5.74) is 7.60. The van der Waals surface area contributed by atoms with Crippen molar-refractivity contribution in [1.29, 1.82) is 0 Å². The molecule has 0 bridgehead atoms. The van der Waals surface area contributed by atoms with Gasteiger partial charge in [0.2, 0.25) is 5.91 Å². The average molecular weight is 512 g/mol. The molecule has 1 heterocycles. The molecule has 0 aliphatic carbocycles. The van der Waals surface area contributed by atoms with Crippen LogP contribution in [0.5, 0.6) is 0 Å². The Kier molecular flexibility index (Phi) is 5.74. The van der Waals surface area contributed by atoms with Crippen LogP contribution in [-0.2, 0) is 12.7 Å². The highest BCUT2D eigenvalue weighted by Crippen LogP contribution is 2.40. The molecule has 8 heteroatoms. The number of nitrogens with zero attached hydrogens (tertiary/aromatic N) is 1. The fraction of sp³-hybridized carbons (Fsp3) is 0.0741. The smallest absolute Gasteiger partial charge is 0.366 e. The van der Waals surface area contributed by atoms with Gasteiger partial charge >= 0.3 is 6.18 Å².